The van der Waals surface area contributed by atoms with Gasteiger partial charge < -0.3 is 36.1 Å². The Balaban J connectivity index is 1.41. The number of carbonyl (C=O) groups is 1. The number of imidazole rings is 1. The summed E-state index contributed by atoms with van der Waals surface area (Å²) in [5.41, 5.74) is 13.7. The normalized spacial score (nSPS) is 21.8. The molecule has 3 aromatic rings. The average Bonchev–Trinajstić information content (AvgIpc) is 3.46. The molecule has 0 unspecified atom stereocenters. The molecule has 5 rings (SSSR count). The van der Waals surface area contributed by atoms with Gasteiger partial charge in [0.25, 0.3) is 5.91 Å². The van der Waals surface area contributed by atoms with Crippen LogP contribution < -0.4 is 22.1 Å². The molecule has 2 aromatic heterocycles. The first-order valence-electron chi connectivity index (χ1n) is 10.8. The summed E-state index contributed by atoms with van der Waals surface area (Å²) in [7, 11) is 1.74. The highest BCUT2D eigenvalue weighted by Gasteiger charge is 2.28. The van der Waals surface area contributed by atoms with Gasteiger partial charge in [0.1, 0.15) is 0 Å². The molecule has 2 aliphatic heterocycles. The standard InChI is InChI=1S/C21H28N8O3/c1-28-18(19(23)30)20(26-21(28)25-17-11-32-10-15(17)22)24-13-2-3-16-12(8-13)9-29(27-16)14-4-6-31-7-5-14/h2-3,8-9,14-15,17,24H,4-7,10-11,22H2,1H3,(H2,23,30)(H,25,26)/t15-,17+/m0/s1. The molecule has 2 saturated heterocycles. The fourth-order valence-electron chi connectivity index (χ4n) is 4.28. The number of nitrogens with two attached hydrogens (primary N) is 2. The van der Waals surface area contributed by atoms with Gasteiger partial charge in [-0.15, -0.1) is 0 Å². The molecule has 0 aliphatic carbocycles. The van der Waals surface area contributed by atoms with Gasteiger partial charge >= 0.3 is 0 Å². The Hall–Kier alpha value is -3.15. The predicted molar refractivity (Wildman–Crippen MR) is 120 cm³/mol. The summed E-state index contributed by atoms with van der Waals surface area (Å²) in [6.07, 6.45) is 3.97. The topological polar surface area (TPSA) is 147 Å². The number of aromatic nitrogens is 4. The number of fused-ring (bicyclic) bond motifs is 1. The summed E-state index contributed by atoms with van der Waals surface area (Å²) < 4.78 is 14.5. The fraction of sp³-hybridized carbons (Fsp3) is 0.476. The summed E-state index contributed by atoms with van der Waals surface area (Å²) in [6, 6.07) is 5.98. The van der Waals surface area contributed by atoms with Gasteiger partial charge in [0.2, 0.25) is 5.95 Å². The highest BCUT2D eigenvalue weighted by Crippen LogP contribution is 2.28. The Bertz CT molecular complexity index is 1130. The molecule has 32 heavy (non-hydrogen) atoms. The molecule has 1 aromatic carbocycles. The number of amides is 1. The monoisotopic (exact) mass is 440 g/mol. The minimum absolute atomic E-state index is 0.0861. The summed E-state index contributed by atoms with van der Waals surface area (Å²) in [5, 5.41) is 12.2. The Morgan fingerprint density at radius 1 is 1.22 bits per heavy atom. The van der Waals surface area contributed by atoms with E-state index in [9.17, 15) is 4.79 Å². The Morgan fingerprint density at radius 2 is 2.03 bits per heavy atom. The van der Waals surface area contributed by atoms with E-state index in [0.717, 1.165) is 42.6 Å². The number of ether oxygens (including phenoxy) is 2. The second-order valence-electron chi connectivity index (χ2n) is 8.36. The van der Waals surface area contributed by atoms with Crippen molar-refractivity contribution in [3.05, 3.63) is 30.1 Å². The average molecular weight is 441 g/mol. The van der Waals surface area contributed by atoms with Crippen molar-refractivity contribution >= 4 is 34.3 Å². The molecule has 1 amide bonds. The van der Waals surface area contributed by atoms with Crippen molar-refractivity contribution in [1.29, 1.82) is 0 Å². The Labute approximate surface area is 185 Å². The number of anilines is 3. The van der Waals surface area contributed by atoms with E-state index in [4.69, 9.17) is 26.0 Å². The van der Waals surface area contributed by atoms with E-state index in [1.54, 1.807) is 11.6 Å². The van der Waals surface area contributed by atoms with Crippen LogP contribution in [-0.2, 0) is 16.5 Å². The van der Waals surface area contributed by atoms with Crippen molar-refractivity contribution in [3.8, 4) is 0 Å². The van der Waals surface area contributed by atoms with E-state index in [1.807, 2.05) is 22.9 Å². The molecule has 0 bridgehead atoms. The lowest BCUT2D eigenvalue weighted by atomic mass is 10.1. The lowest BCUT2D eigenvalue weighted by molar-refractivity contribution is 0.0664. The minimum Gasteiger partial charge on any atom is -0.381 e. The molecule has 0 spiro atoms. The molecule has 2 aliphatic rings. The van der Waals surface area contributed by atoms with E-state index in [-0.39, 0.29) is 17.8 Å². The number of hydrogen-bond donors (Lipinski definition) is 4. The van der Waals surface area contributed by atoms with Crippen molar-refractivity contribution in [2.75, 3.05) is 37.1 Å². The van der Waals surface area contributed by atoms with Crippen molar-refractivity contribution in [3.63, 3.8) is 0 Å². The van der Waals surface area contributed by atoms with E-state index in [2.05, 4.69) is 21.8 Å². The van der Waals surface area contributed by atoms with Crippen LogP contribution in [0.15, 0.2) is 24.4 Å². The number of nitrogens with zero attached hydrogens (tertiary/aromatic N) is 4. The number of benzene rings is 1. The maximum Gasteiger partial charge on any atom is 0.269 e. The van der Waals surface area contributed by atoms with Gasteiger partial charge in [0.15, 0.2) is 11.5 Å². The first-order chi connectivity index (χ1) is 15.5. The molecule has 11 nitrogen and oxygen atoms in total. The molecule has 0 saturated carbocycles. The molecule has 170 valence electrons. The molecule has 11 heteroatoms. The van der Waals surface area contributed by atoms with E-state index in [1.165, 1.54) is 0 Å². The van der Waals surface area contributed by atoms with Crippen LogP contribution in [0.2, 0.25) is 0 Å². The molecular weight excluding hydrogens is 412 g/mol. The van der Waals surface area contributed by atoms with Crippen LogP contribution in [0.1, 0.15) is 29.4 Å². The van der Waals surface area contributed by atoms with Gasteiger partial charge in [0.05, 0.1) is 36.9 Å². The summed E-state index contributed by atoms with van der Waals surface area (Å²) in [6.45, 7) is 2.49. The van der Waals surface area contributed by atoms with Gasteiger partial charge in [-0.25, -0.2) is 0 Å². The van der Waals surface area contributed by atoms with E-state index < -0.39 is 5.91 Å². The lowest BCUT2D eigenvalue weighted by Crippen LogP contribution is -2.39. The smallest absolute Gasteiger partial charge is 0.269 e. The third kappa shape index (κ3) is 3.90. The van der Waals surface area contributed by atoms with Gasteiger partial charge in [0, 0.05) is 37.5 Å². The van der Waals surface area contributed by atoms with Crippen LogP contribution in [0.5, 0.6) is 0 Å². The van der Waals surface area contributed by atoms with Crippen LogP contribution in [0.4, 0.5) is 17.5 Å². The third-order valence-corrected chi connectivity index (χ3v) is 6.12. The van der Waals surface area contributed by atoms with E-state index in [0.29, 0.717) is 31.0 Å². The number of hydrogen-bond acceptors (Lipinski definition) is 8. The maximum absolute atomic E-state index is 12.2. The zero-order valence-corrected chi connectivity index (χ0v) is 18.0. The summed E-state index contributed by atoms with van der Waals surface area (Å²) >= 11 is 0. The predicted octanol–water partition coefficient (Wildman–Crippen LogP) is 1.10. The van der Waals surface area contributed by atoms with Gasteiger partial charge in [-0.3, -0.25) is 9.48 Å². The third-order valence-electron chi connectivity index (χ3n) is 6.12. The number of nitrogens with one attached hydrogen (secondary N) is 2. The van der Waals surface area contributed by atoms with Crippen molar-refractivity contribution in [1.82, 2.24) is 19.3 Å². The first kappa shape index (κ1) is 20.7. The minimum atomic E-state index is -0.573. The molecule has 0 radical (unpaired) electrons. The van der Waals surface area contributed by atoms with Gasteiger partial charge in [-0.1, -0.05) is 0 Å². The lowest BCUT2D eigenvalue weighted by Gasteiger charge is -2.22. The SMILES string of the molecule is Cn1c(N[C@@H]2COC[C@@H]2N)nc(Nc2ccc3nn(C4CCOCC4)cc3c2)c1C(N)=O. The summed E-state index contributed by atoms with van der Waals surface area (Å²) in [5.74, 6) is 0.308. The van der Waals surface area contributed by atoms with Crippen LogP contribution in [-0.4, -0.2) is 63.7 Å². The highest BCUT2D eigenvalue weighted by atomic mass is 16.5. The molecule has 6 N–H and O–H groups in total. The van der Waals surface area contributed by atoms with Crippen molar-refractivity contribution < 1.29 is 14.3 Å². The van der Waals surface area contributed by atoms with Gasteiger partial charge in [-0.2, -0.15) is 10.1 Å². The number of carbonyl (C=O) groups excluding carboxylic acids is 1. The van der Waals surface area contributed by atoms with Crippen LogP contribution >= 0.6 is 0 Å². The zero-order valence-electron chi connectivity index (χ0n) is 18.0. The van der Waals surface area contributed by atoms with Gasteiger partial charge in [-0.05, 0) is 31.0 Å². The summed E-state index contributed by atoms with van der Waals surface area (Å²) in [4.78, 5) is 16.7. The zero-order chi connectivity index (χ0) is 22.2. The molecule has 4 heterocycles. The molecule has 2 atom stereocenters. The molecular formula is C21H28N8O3. The Kier molecular flexibility index (Phi) is 5.45. The second kappa shape index (κ2) is 8.41. The second-order valence-corrected chi connectivity index (χ2v) is 8.36. The highest BCUT2D eigenvalue weighted by molar-refractivity contribution is 5.98. The maximum atomic E-state index is 12.2. The van der Waals surface area contributed by atoms with Crippen LogP contribution in [0.3, 0.4) is 0 Å². The van der Waals surface area contributed by atoms with Crippen LogP contribution in [0.25, 0.3) is 10.9 Å². The number of primary amides is 1. The first-order valence-corrected chi connectivity index (χ1v) is 10.8. The van der Waals surface area contributed by atoms with Crippen molar-refractivity contribution in [2.24, 2.45) is 18.5 Å². The van der Waals surface area contributed by atoms with Crippen LogP contribution in [0, 0.1) is 0 Å². The largest absolute Gasteiger partial charge is 0.381 e. The van der Waals surface area contributed by atoms with Crippen molar-refractivity contribution in [2.45, 2.75) is 31.0 Å². The molecule has 2 fully saturated rings. The Morgan fingerprint density at radius 3 is 2.75 bits per heavy atom. The quantitative estimate of drug-likeness (QED) is 0.445. The van der Waals surface area contributed by atoms with E-state index >= 15 is 0 Å². The number of rotatable bonds is 6. The fourth-order valence-corrected chi connectivity index (χ4v) is 4.28.